The van der Waals surface area contributed by atoms with Crippen LogP contribution in [0.2, 0.25) is 0 Å². The Balaban J connectivity index is 2.23. The van der Waals surface area contributed by atoms with Gasteiger partial charge in [-0.25, -0.2) is 0 Å². The second-order valence-electron chi connectivity index (χ2n) is 3.12. The molecule has 2 aromatic rings. The first-order valence-electron chi connectivity index (χ1n) is 4.68. The molecule has 5 nitrogen and oxygen atoms in total. The number of rotatable bonds is 4. The van der Waals surface area contributed by atoms with Gasteiger partial charge in [0.25, 0.3) is 0 Å². The van der Waals surface area contributed by atoms with Crippen molar-refractivity contribution in [1.29, 1.82) is 0 Å². The second kappa shape index (κ2) is 4.89. The Hall–Kier alpha value is -1.69. The van der Waals surface area contributed by atoms with Gasteiger partial charge >= 0.3 is 0 Å². The third-order valence-corrected chi connectivity index (χ3v) is 2.19. The van der Waals surface area contributed by atoms with Crippen LogP contribution in [-0.4, -0.2) is 26.8 Å². The molecule has 0 fully saturated rings. The van der Waals surface area contributed by atoms with Crippen molar-refractivity contribution in [1.82, 2.24) is 20.2 Å². The molecule has 0 spiro atoms. The zero-order chi connectivity index (χ0) is 11.4. The smallest absolute Gasteiger partial charge is 0.248 e. The molecular weight excluding hydrogens is 270 g/mol. The molecule has 0 aliphatic rings. The van der Waals surface area contributed by atoms with Gasteiger partial charge in [-0.05, 0) is 22.6 Å². The minimum atomic E-state index is 0.577. The van der Waals surface area contributed by atoms with E-state index in [1.807, 2.05) is 30.3 Å². The number of hydrogen-bond acceptors (Lipinski definition) is 4. The van der Waals surface area contributed by atoms with Gasteiger partial charge in [-0.3, -0.25) is 0 Å². The van der Waals surface area contributed by atoms with E-state index < -0.39 is 0 Å². The number of anilines is 1. The van der Waals surface area contributed by atoms with E-state index in [-0.39, 0.29) is 0 Å². The van der Waals surface area contributed by atoms with Gasteiger partial charge in [0, 0.05) is 11.0 Å². The minimum absolute atomic E-state index is 0.577. The molecule has 0 amide bonds. The van der Waals surface area contributed by atoms with Crippen molar-refractivity contribution in [3.8, 4) is 5.69 Å². The maximum absolute atomic E-state index is 3.91. The lowest BCUT2D eigenvalue weighted by molar-refractivity contribution is 0.790. The molecule has 82 valence electrons. The van der Waals surface area contributed by atoms with Crippen LogP contribution in [-0.2, 0) is 0 Å². The fourth-order valence-electron chi connectivity index (χ4n) is 1.22. The SMILES string of the molecule is C=C(Br)CNc1nnnn1-c1ccccc1. The van der Waals surface area contributed by atoms with Crippen LogP contribution in [0.5, 0.6) is 0 Å². The normalized spacial score (nSPS) is 10.1. The van der Waals surface area contributed by atoms with Crippen LogP contribution >= 0.6 is 15.9 Å². The van der Waals surface area contributed by atoms with Gasteiger partial charge in [-0.15, -0.1) is 0 Å². The summed E-state index contributed by atoms with van der Waals surface area (Å²) in [5.41, 5.74) is 0.912. The van der Waals surface area contributed by atoms with E-state index in [1.54, 1.807) is 4.68 Å². The molecule has 0 radical (unpaired) electrons. The van der Waals surface area contributed by atoms with E-state index in [9.17, 15) is 0 Å². The molecule has 1 aromatic carbocycles. The van der Waals surface area contributed by atoms with Crippen molar-refractivity contribution in [2.45, 2.75) is 0 Å². The summed E-state index contributed by atoms with van der Waals surface area (Å²) in [6.07, 6.45) is 0. The second-order valence-corrected chi connectivity index (χ2v) is 4.24. The van der Waals surface area contributed by atoms with Gasteiger partial charge in [-0.2, -0.15) is 4.68 Å². The predicted octanol–water partition coefficient (Wildman–Crippen LogP) is 1.98. The van der Waals surface area contributed by atoms with Crippen LogP contribution < -0.4 is 5.32 Å². The summed E-state index contributed by atoms with van der Waals surface area (Å²) in [4.78, 5) is 0. The molecule has 0 atom stereocenters. The van der Waals surface area contributed by atoms with Gasteiger partial charge in [0.15, 0.2) is 0 Å². The summed E-state index contributed by atoms with van der Waals surface area (Å²) in [6.45, 7) is 4.31. The fraction of sp³-hybridized carbons (Fsp3) is 0.100. The van der Waals surface area contributed by atoms with Crippen molar-refractivity contribution < 1.29 is 0 Å². The van der Waals surface area contributed by atoms with E-state index in [1.165, 1.54) is 0 Å². The van der Waals surface area contributed by atoms with Crippen LogP contribution in [0, 0.1) is 0 Å². The Labute approximate surface area is 101 Å². The number of aromatic nitrogens is 4. The monoisotopic (exact) mass is 279 g/mol. The predicted molar refractivity (Wildman–Crippen MR) is 65.7 cm³/mol. The summed E-state index contributed by atoms with van der Waals surface area (Å²) >= 11 is 3.27. The molecular formula is C10H10BrN5. The van der Waals surface area contributed by atoms with Crippen LogP contribution in [0.1, 0.15) is 0 Å². The molecule has 0 saturated carbocycles. The molecule has 2 rings (SSSR count). The van der Waals surface area contributed by atoms with Gasteiger partial charge in [0.1, 0.15) is 0 Å². The van der Waals surface area contributed by atoms with Gasteiger partial charge in [0.2, 0.25) is 5.95 Å². The maximum Gasteiger partial charge on any atom is 0.248 e. The lowest BCUT2D eigenvalue weighted by atomic mass is 10.3. The number of hydrogen-bond donors (Lipinski definition) is 1. The number of para-hydroxylation sites is 1. The van der Waals surface area contributed by atoms with Crippen molar-refractivity contribution in [2.75, 3.05) is 11.9 Å². The third-order valence-electron chi connectivity index (χ3n) is 1.91. The first kappa shape index (κ1) is 10.8. The quantitative estimate of drug-likeness (QED) is 0.930. The van der Waals surface area contributed by atoms with E-state index in [0.717, 1.165) is 10.2 Å². The highest BCUT2D eigenvalue weighted by Gasteiger charge is 2.06. The first-order chi connectivity index (χ1) is 7.77. The number of nitrogens with zero attached hydrogens (tertiary/aromatic N) is 4. The Kier molecular flexibility index (Phi) is 3.31. The molecule has 0 aliphatic carbocycles. The summed E-state index contributed by atoms with van der Waals surface area (Å²) in [7, 11) is 0. The zero-order valence-electron chi connectivity index (χ0n) is 8.47. The number of tetrazole rings is 1. The van der Waals surface area contributed by atoms with Crippen molar-refractivity contribution in [3.05, 3.63) is 41.4 Å². The third kappa shape index (κ3) is 2.46. The highest BCUT2D eigenvalue weighted by molar-refractivity contribution is 9.11. The van der Waals surface area contributed by atoms with Gasteiger partial charge < -0.3 is 5.32 Å². The summed E-state index contributed by atoms with van der Waals surface area (Å²) in [5.74, 6) is 0.590. The van der Waals surface area contributed by atoms with E-state index in [2.05, 4.69) is 43.4 Å². The largest absolute Gasteiger partial charge is 0.348 e. The van der Waals surface area contributed by atoms with Crippen LogP contribution in [0.3, 0.4) is 0 Å². The molecule has 0 aliphatic heterocycles. The maximum atomic E-state index is 3.91. The summed E-state index contributed by atoms with van der Waals surface area (Å²) < 4.78 is 2.48. The van der Waals surface area contributed by atoms with Crippen LogP contribution in [0.25, 0.3) is 5.69 Å². The standard InChI is InChI=1S/C10H10BrN5/c1-8(11)7-12-10-13-14-15-16(10)9-5-3-2-4-6-9/h2-6H,1,7H2,(H,12,13,15). The van der Waals surface area contributed by atoms with Crippen LogP contribution in [0.15, 0.2) is 41.4 Å². The van der Waals surface area contributed by atoms with E-state index in [0.29, 0.717) is 12.5 Å². The lowest BCUT2D eigenvalue weighted by Crippen LogP contribution is -2.08. The zero-order valence-corrected chi connectivity index (χ0v) is 10.1. The molecule has 0 saturated heterocycles. The minimum Gasteiger partial charge on any atom is -0.348 e. The Morgan fingerprint density at radius 1 is 1.38 bits per heavy atom. The molecule has 6 heteroatoms. The highest BCUT2D eigenvalue weighted by atomic mass is 79.9. The van der Waals surface area contributed by atoms with Crippen molar-refractivity contribution >= 4 is 21.9 Å². The molecule has 0 unspecified atom stereocenters. The molecule has 1 aromatic heterocycles. The average molecular weight is 280 g/mol. The highest BCUT2D eigenvalue weighted by Crippen LogP contribution is 2.11. The van der Waals surface area contributed by atoms with Crippen LogP contribution in [0.4, 0.5) is 5.95 Å². The Morgan fingerprint density at radius 2 is 2.12 bits per heavy atom. The average Bonchev–Trinajstić information content (AvgIpc) is 2.75. The van der Waals surface area contributed by atoms with Gasteiger partial charge in [-0.1, -0.05) is 45.8 Å². The molecule has 16 heavy (non-hydrogen) atoms. The van der Waals surface area contributed by atoms with Gasteiger partial charge in [0.05, 0.1) is 5.69 Å². The topological polar surface area (TPSA) is 55.6 Å². The Bertz CT molecular complexity index is 479. The van der Waals surface area contributed by atoms with Crippen molar-refractivity contribution in [2.24, 2.45) is 0 Å². The fourth-order valence-corrected chi connectivity index (χ4v) is 1.36. The summed E-state index contributed by atoms with van der Waals surface area (Å²) in [5, 5.41) is 14.5. The lowest BCUT2D eigenvalue weighted by Gasteiger charge is -2.05. The number of benzene rings is 1. The first-order valence-corrected chi connectivity index (χ1v) is 5.47. The molecule has 0 bridgehead atoms. The Morgan fingerprint density at radius 3 is 2.81 bits per heavy atom. The summed E-state index contributed by atoms with van der Waals surface area (Å²) in [6, 6.07) is 9.69. The number of nitrogens with one attached hydrogen (secondary N) is 1. The van der Waals surface area contributed by atoms with E-state index in [4.69, 9.17) is 0 Å². The van der Waals surface area contributed by atoms with Crippen molar-refractivity contribution in [3.63, 3.8) is 0 Å². The molecule has 1 heterocycles. The number of halogens is 1. The van der Waals surface area contributed by atoms with E-state index >= 15 is 0 Å². The molecule has 1 N–H and O–H groups in total.